The highest BCUT2D eigenvalue weighted by Crippen LogP contribution is 2.44. The smallest absolute Gasteiger partial charge is 0.338 e. The molecular weight excluding hydrogens is 733 g/mol. The summed E-state index contributed by atoms with van der Waals surface area (Å²) < 4.78 is 25.0. The maximum atomic E-state index is 12.6. The fourth-order valence-corrected chi connectivity index (χ4v) is 7.24. The van der Waals surface area contributed by atoms with Crippen molar-refractivity contribution >= 4 is 11.9 Å². The second-order valence-electron chi connectivity index (χ2n) is 16.0. The van der Waals surface area contributed by atoms with Crippen LogP contribution in [0, 0.1) is 41.5 Å². The first-order valence-corrected chi connectivity index (χ1v) is 19.7. The minimum absolute atomic E-state index is 0.326. The maximum Gasteiger partial charge on any atom is 0.338 e. The molecule has 0 N–H and O–H groups in total. The monoisotopic (exact) mass is 784 g/mol. The van der Waals surface area contributed by atoms with Gasteiger partial charge >= 0.3 is 11.9 Å². The zero-order valence-electron chi connectivity index (χ0n) is 35.8. The highest BCUT2D eigenvalue weighted by atomic mass is 16.5. The van der Waals surface area contributed by atoms with Gasteiger partial charge in [0, 0.05) is 27.7 Å². The molecule has 0 aliphatic carbocycles. The van der Waals surface area contributed by atoms with Gasteiger partial charge in [0.1, 0.15) is 34.5 Å². The van der Waals surface area contributed by atoms with Crippen LogP contribution in [-0.2, 0) is 15.0 Å². The molecule has 0 unspecified atom stereocenters. The predicted molar refractivity (Wildman–Crippen MR) is 238 cm³/mol. The van der Waals surface area contributed by atoms with Gasteiger partial charge < -0.3 is 18.9 Å². The van der Waals surface area contributed by atoms with E-state index in [1.165, 1.54) is 0 Å². The lowest BCUT2D eigenvalue weighted by molar-refractivity contribution is -0.130. The molecule has 6 aromatic carbocycles. The molecule has 6 rings (SSSR count). The molecule has 0 aromatic heterocycles. The number of ether oxygens (including phenoxy) is 4. The molecule has 0 aliphatic rings. The normalized spacial score (nSPS) is 11.2. The summed E-state index contributed by atoms with van der Waals surface area (Å²) in [6.45, 7) is 27.4. The first kappa shape index (κ1) is 42.0. The Morgan fingerprint density at radius 3 is 1.07 bits per heavy atom. The van der Waals surface area contributed by atoms with E-state index in [0.29, 0.717) is 34.1 Å². The van der Waals surface area contributed by atoms with Crippen LogP contribution in [-0.4, -0.2) is 11.9 Å². The van der Waals surface area contributed by atoms with Crippen molar-refractivity contribution in [1.82, 2.24) is 0 Å². The number of esters is 2. The van der Waals surface area contributed by atoms with E-state index in [-0.39, 0.29) is 5.41 Å². The molecule has 0 aliphatic heterocycles. The third-order valence-electron chi connectivity index (χ3n) is 10.6. The number of hydrogen-bond acceptors (Lipinski definition) is 6. The van der Waals surface area contributed by atoms with E-state index in [1.807, 2.05) is 98.8 Å². The van der Waals surface area contributed by atoms with Crippen LogP contribution in [0.15, 0.2) is 133 Å². The summed E-state index contributed by atoms with van der Waals surface area (Å²) in [5, 5.41) is 0. The Kier molecular flexibility index (Phi) is 12.1. The van der Waals surface area contributed by atoms with Gasteiger partial charge in [0.05, 0.1) is 0 Å². The summed E-state index contributed by atoms with van der Waals surface area (Å²) in [6.07, 6.45) is 0. The Morgan fingerprint density at radius 1 is 0.458 bits per heavy atom. The third-order valence-corrected chi connectivity index (χ3v) is 10.6. The minimum Gasteiger partial charge on any atom is -0.457 e. The van der Waals surface area contributed by atoms with Crippen molar-refractivity contribution in [3.63, 3.8) is 0 Å². The molecule has 0 amide bonds. The van der Waals surface area contributed by atoms with Crippen molar-refractivity contribution < 1.29 is 28.5 Å². The number of carbonyl (C=O) groups is 2. The van der Waals surface area contributed by atoms with E-state index < -0.39 is 11.9 Å². The number of aryl methyl sites for hydroxylation is 6. The van der Waals surface area contributed by atoms with Crippen LogP contribution in [0.3, 0.4) is 0 Å². The van der Waals surface area contributed by atoms with E-state index >= 15 is 0 Å². The van der Waals surface area contributed by atoms with Gasteiger partial charge in [0.25, 0.3) is 0 Å². The van der Waals surface area contributed by atoms with Crippen molar-refractivity contribution in [2.45, 2.75) is 74.7 Å². The van der Waals surface area contributed by atoms with Crippen LogP contribution in [0.4, 0.5) is 0 Å². The Balaban J connectivity index is 1.30. The van der Waals surface area contributed by atoms with E-state index in [1.54, 1.807) is 13.8 Å². The minimum atomic E-state index is -0.473. The summed E-state index contributed by atoms with van der Waals surface area (Å²) in [5.41, 5.74) is 11.5. The van der Waals surface area contributed by atoms with Crippen LogP contribution < -0.4 is 18.9 Å². The second kappa shape index (κ2) is 17.1. The van der Waals surface area contributed by atoms with Gasteiger partial charge in [-0.05, 0) is 135 Å². The van der Waals surface area contributed by atoms with E-state index in [9.17, 15) is 9.59 Å². The fraction of sp³-hybridized carbons (Fsp3) is 0.208. The van der Waals surface area contributed by atoms with Crippen molar-refractivity contribution in [2.24, 2.45) is 0 Å². The third kappa shape index (κ3) is 9.08. The van der Waals surface area contributed by atoms with E-state index in [0.717, 1.165) is 78.3 Å². The lowest BCUT2D eigenvalue weighted by Crippen LogP contribution is -2.20. The Hall–Kier alpha value is -6.66. The second-order valence-corrected chi connectivity index (χ2v) is 16.0. The molecule has 300 valence electrons. The highest BCUT2D eigenvalue weighted by molar-refractivity contribution is 5.91. The average Bonchev–Trinajstić information content (AvgIpc) is 3.19. The molecule has 6 nitrogen and oxygen atoms in total. The van der Waals surface area contributed by atoms with Gasteiger partial charge in [-0.25, -0.2) is 9.59 Å². The van der Waals surface area contributed by atoms with Gasteiger partial charge in [-0.3, -0.25) is 0 Å². The lowest BCUT2D eigenvalue weighted by Gasteiger charge is -2.29. The Morgan fingerprint density at radius 2 is 0.763 bits per heavy atom. The average molecular weight is 785 g/mol. The standard InChI is InChI=1S/C53H52O6/c1-31(2)51(54)58-49-37(9)27-43(29-45(49)39-19-15-13-16-20-39)56-47-33(5)23-41(24-34(47)6)53(11,12)42-25-35(7)48(36(8)26-42)57-44-28-38(10)50(59-52(55)32(3)4)46(30-44)40-21-17-14-18-22-40/h13-30H,1,3H2,2,4-12H3. The van der Waals surface area contributed by atoms with E-state index in [4.69, 9.17) is 18.9 Å². The molecular formula is C53H52O6. The molecule has 0 bridgehead atoms. The molecule has 0 heterocycles. The SMILES string of the molecule is C=C(C)C(=O)Oc1c(C)cc(Oc2c(C)cc(C(C)(C)c3cc(C)c(Oc4cc(C)c(OC(=O)C(=C)C)c(-c5ccccc5)c4)c(C)c3)cc2C)cc1-c1ccccc1. The first-order valence-electron chi connectivity index (χ1n) is 19.7. The quantitative estimate of drug-likeness (QED) is 0.0699. The predicted octanol–water partition coefficient (Wildman–Crippen LogP) is 13.7. The number of carbonyl (C=O) groups excluding carboxylic acids is 2. The fourth-order valence-electron chi connectivity index (χ4n) is 7.24. The van der Waals surface area contributed by atoms with Gasteiger partial charge in [-0.15, -0.1) is 0 Å². The molecule has 0 radical (unpaired) electrons. The molecule has 0 saturated heterocycles. The first-order chi connectivity index (χ1) is 27.9. The molecule has 6 aromatic rings. The largest absolute Gasteiger partial charge is 0.457 e. The molecule has 0 fully saturated rings. The van der Waals surface area contributed by atoms with Crippen molar-refractivity contribution in [3.8, 4) is 56.8 Å². The summed E-state index contributed by atoms with van der Waals surface area (Å²) in [7, 11) is 0. The van der Waals surface area contributed by atoms with Crippen LogP contribution in [0.5, 0.6) is 34.5 Å². The molecule has 0 saturated carbocycles. The molecule has 0 spiro atoms. The Labute approximate surface area is 348 Å². The van der Waals surface area contributed by atoms with Crippen molar-refractivity contribution in [3.05, 3.63) is 178 Å². The summed E-state index contributed by atoms with van der Waals surface area (Å²) in [6, 6.07) is 36.1. The lowest BCUT2D eigenvalue weighted by atomic mass is 9.76. The van der Waals surface area contributed by atoms with Crippen molar-refractivity contribution in [2.75, 3.05) is 0 Å². The number of hydrogen-bond donors (Lipinski definition) is 0. The van der Waals surface area contributed by atoms with Crippen LogP contribution >= 0.6 is 0 Å². The van der Waals surface area contributed by atoms with Gasteiger partial charge in [0.15, 0.2) is 0 Å². The van der Waals surface area contributed by atoms with Gasteiger partial charge in [0.2, 0.25) is 0 Å². The molecule has 0 atom stereocenters. The summed E-state index contributed by atoms with van der Waals surface area (Å²) >= 11 is 0. The summed E-state index contributed by atoms with van der Waals surface area (Å²) in [5.74, 6) is 2.85. The van der Waals surface area contributed by atoms with Gasteiger partial charge in [-0.2, -0.15) is 0 Å². The van der Waals surface area contributed by atoms with Crippen LogP contribution in [0.1, 0.15) is 72.2 Å². The zero-order chi connectivity index (χ0) is 42.8. The van der Waals surface area contributed by atoms with Gasteiger partial charge in [-0.1, -0.05) is 112 Å². The molecule has 6 heteroatoms. The zero-order valence-corrected chi connectivity index (χ0v) is 35.8. The van der Waals surface area contributed by atoms with E-state index in [2.05, 4.69) is 79.0 Å². The molecule has 59 heavy (non-hydrogen) atoms. The topological polar surface area (TPSA) is 71.1 Å². The highest BCUT2D eigenvalue weighted by Gasteiger charge is 2.27. The van der Waals surface area contributed by atoms with Crippen molar-refractivity contribution in [1.29, 1.82) is 0 Å². The number of benzene rings is 6. The summed E-state index contributed by atoms with van der Waals surface area (Å²) in [4.78, 5) is 25.2. The Bertz CT molecular complexity index is 2390. The van der Waals surface area contributed by atoms with Crippen LogP contribution in [0.25, 0.3) is 22.3 Å². The number of rotatable bonds is 12. The maximum absolute atomic E-state index is 12.6. The van der Waals surface area contributed by atoms with Crippen LogP contribution in [0.2, 0.25) is 0 Å².